The third kappa shape index (κ3) is 5.04. The van der Waals surface area contributed by atoms with E-state index < -0.39 is 0 Å². The Hall–Kier alpha value is -2.95. The number of aliphatic hydroxyl groups excluding tert-OH is 1. The second-order valence-electron chi connectivity index (χ2n) is 8.00. The Morgan fingerprint density at radius 2 is 1.61 bits per heavy atom. The Bertz CT molecular complexity index is 1070. The number of anilines is 1. The number of ketones is 1. The lowest BCUT2D eigenvalue weighted by molar-refractivity contribution is -0.115. The van der Waals surface area contributed by atoms with Crippen LogP contribution >= 0.6 is 11.6 Å². The minimum Gasteiger partial charge on any atom is -0.396 e. The van der Waals surface area contributed by atoms with E-state index >= 15 is 0 Å². The molecule has 1 saturated carbocycles. The highest BCUT2D eigenvalue weighted by Gasteiger charge is 2.36. The van der Waals surface area contributed by atoms with Crippen molar-refractivity contribution in [2.45, 2.75) is 19.3 Å². The van der Waals surface area contributed by atoms with Gasteiger partial charge in [0.15, 0.2) is 5.78 Å². The molecule has 0 radical (unpaired) electrons. The van der Waals surface area contributed by atoms with E-state index in [0.29, 0.717) is 10.6 Å². The molecule has 2 atom stereocenters. The summed E-state index contributed by atoms with van der Waals surface area (Å²) in [6.07, 6.45) is 2.04. The zero-order valence-corrected chi connectivity index (χ0v) is 17.8. The van der Waals surface area contributed by atoms with Gasteiger partial charge in [0.1, 0.15) is 0 Å². The highest BCUT2D eigenvalue weighted by Crippen LogP contribution is 2.36. The van der Waals surface area contributed by atoms with Gasteiger partial charge >= 0.3 is 0 Å². The third-order valence-electron chi connectivity index (χ3n) is 5.91. The van der Waals surface area contributed by atoms with Crippen LogP contribution in [0.15, 0.2) is 72.8 Å². The van der Waals surface area contributed by atoms with Gasteiger partial charge in [-0.15, -0.1) is 0 Å². The maximum absolute atomic E-state index is 12.6. The van der Waals surface area contributed by atoms with Crippen LogP contribution in [0.2, 0.25) is 5.02 Å². The first-order chi connectivity index (χ1) is 15.0. The molecule has 4 rings (SSSR count). The van der Waals surface area contributed by atoms with Gasteiger partial charge in [0, 0.05) is 28.8 Å². The fraction of sp³-hybridized carbons (Fsp3) is 0.231. The van der Waals surface area contributed by atoms with E-state index in [9.17, 15) is 14.7 Å². The summed E-state index contributed by atoms with van der Waals surface area (Å²) in [5, 5.41) is 12.8. The van der Waals surface area contributed by atoms with Crippen molar-refractivity contribution >= 4 is 29.0 Å². The zero-order chi connectivity index (χ0) is 21.8. The first-order valence-electron chi connectivity index (χ1n) is 10.4. The van der Waals surface area contributed by atoms with Crippen LogP contribution < -0.4 is 5.32 Å². The average molecular weight is 434 g/mol. The number of carbonyl (C=O) groups excluding carboxylic acids is 2. The van der Waals surface area contributed by atoms with Crippen LogP contribution in [-0.4, -0.2) is 23.4 Å². The molecule has 1 fully saturated rings. The standard InChI is InChI=1S/C26H24ClNO3/c27-22-3-1-2-17(14-22)15-25(30)28-23-11-8-19(9-12-23)18-4-6-20(7-5-18)26(31)24-13-10-21(24)16-29/h1-9,11-12,14,21,24,29H,10,13,15-16H2,(H,28,30)/t21-,24?/m0/s1. The highest BCUT2D eigenvalue weighted by molar-refractivity contribution is 6.30. The van der Waals surface area contributed by atoms with Crippen LogP contribution in [0.5, 0.6) is 0 Å². The summed E-state index contributed by atoms with van der Waals surface area (Å²) < 4.78 is 0. The number of benzene rings is 3. The number of hydrogen-bond acceptors (Lipinski definition) is 3. The number of rotatable bonds is 7. The number of nitrogens with one attached hydrogen (secondary N) is 1. The molecular weight excluding hydrogens is 410 g/mol. The van der Waals surface area contributed by atoms with Crippen molar-refractivity contribution in [1.29, 1.82) is 0 Å². The summed E-state index contributed by atoms with van der Waals surface area (Å²) in [6, 6.07) is 22.5. The van der Waals surface area contributed by atoms with Gasteiger partial charge in [0.05, 0.1) is 6.42 Å². The van der Waals surface area contributed by atoms with Crippen LogP contribution in [0.1, 0.15) is 28.8 Å². The Balaban J connectivity index is 1.37. The normalized spacial score (nSPS) is 17.6. The number of hydrogen-bond donors (Lipinski definition) is 2. The van der Waals surface area contributed by atoms with Gasteiger partial charge in [-0.3, -0.25) is 9.59 Å². The molecule has 0 heterocycles. The van der Waals surface area contributed by atoms with Crippen molar-refractivity contribution in [1.82, 2.24) is 0 Å². The lowest BCUT2D eigenvalue weighted by Gasteiger charge is -2.34. The molecule has 2 N–H and O–H groups in total. The van der Waals surface area contributed by atoms with E-state index in [2.05, 4.69) is 5.32 Å². The van der Waals surface area contributed by atoms with E-state index in [-0.39, 0.29) is 36.6 Å². The van der Waals surface area contributed by atoms with E-state index in [1.54, 1.807) is 12.1 Å². The predicted molar refractivity (Wildman–Crippen MR) is 123 cm³/mol. The van der Waals surface area contributed by atoms with Gasteiger partial charge in [0.2, 0.25) is 5.91 Å². The van der Waals surface area contributed by atoms with Crippen LogP contribution in [0, 0.1) is 11.8 Å². The van der Waals surface area contributed by atoms with E-state index in [1.165, 1.54) is 0 Å². The minimum absolute atomic E-state index is 0.0503. The first kappa shape index (κ1) is 21.3. The molecule has 0 aromatic heterocycles. The summed E-state index contributed by atoms with van der Waals surface area (Å²) in [5.41, 5.74) is 4.28. The molecule has 0 saturated heterocycles. The molecule has 0 bridgehead atoms. The summed E-state index contributed by atoms with van der Waals surface area (Å²) in [4.78, 5) is 24.9. The molecule has 3 aromatic rings. The van der Waals surface area contributed by atoms with E-state index in [1.807, 2.05) is 60.7 Å². The van der Waals surface area contributed by atoms with Crippen LogP contribution in [0.4, 0.5) is 5.69 Å². The zero-order valence-electron chi connectivity index (χ0n) is 17.1. The molecule has 31 heavy (non-hydrogen) atoms. The van der Waals surface area contributed by atoms with Gasteiger partial charge in [-0.05, 0) is 59.7 Å². The topological polar surface area (TPSA) is 66.4 Å². The summed E-state index contributed by atoms with van der Waals surface area (Å²) in [5.74, 6) is 0.0733. The quantitative estimate of drug-likeness (QED) is 0.491. The maximum atomic E-state index is 12.6. The van der Waals surface area contributed by atoms with Crippen molar-refractivity contribution < 1.29 is 14.7 Å². The van der Waals surface area contributed by atoms with E-state index in [4.69, 9.17) is 11.6 Å². The fourth-order valence-corrected chi connectivity index (χ4v) is 4.17. The molecular formula is C26H24ClNO3. The lowest BCUT2D eigenvalue weighted by Crippen LogP contribution is -2.35. The van der Waals surface area contributed by atoms with Gasteiger partial charge in [-0.2, -0.15) is 0 Å². The van der Waals surface area contributed by atoms with Crippen LogP contribution in [0.25, 0.3) is 11.1 Å². The van der Waals surface area contributed by atoms with Crippen LogP contribution in [0.3, 0.4) is 0 Å². The monoisotopic (exact) mass is 433 g/mol. The van der Waals surface area contributed by atoms with Gasteiger partial charge in [0.25, 0.3) is 0 Å². The highest BCUT2D eigenvalue weighted by atomic mass is 35.5. The molecule has 0 aliphatic heterocycles. The molecule has 4 nitrogen and oxygen atoms in total. The van der Waals surface area contributed by atoms with Crippen molar-refractivity contribution in [2.75, 3.05) is 11.9 Å². The molecule has 3 aromatic carbocycles. The largest absolute Gasteiger partial charge is 0.396 e. The molecule has 1 aliphatic carbocycles. The Kier molecular flexibility index (Phi) is 6.50. The van der Waals surface area contributed by atoms with Gasteiger partial charge < -0.3 is 10.4 Å². The Labute approximate surface area is 186 Å². The molecule has 1 aliphatic rings. The molecule has 1 amide bonds. The third-order valence-corrected chi connectivity index (χ3v) is 6.15. The predicted octanol–water partition coefficient (Wildman–Crippen LogP) is 5.39. The van der Waals surface area contributed by atoms with Crippen molar-refractivity contribution in [3.8, 4) is 11.1 Å². The number of aliphatic hydroxyl groups is 1. The second-order valence-corrected chi connectivity index (χ2v) is 8.44. The van der Waals surface area contributed by atoms with Crippen molar-refractivity contribution in [3.63, 3.8) is 0 Å². The number of carbonyl (C=O) groups is 2. The average Bonchev–Trinajstić information content (AvgIpc) is 2.74. The molecule has 158 valence electrons. The maximum Gasteiger partial charge on any atom is 0.228 e. The summed E-state index contributed by atoms with van der Waals surface area (Å²) in [7, 11) is 0. The molecule has 0 spiro atoms. The smallest absolute Gasteiger partial charge is 0.228 e. The first-order valence-corrected chi connectivity index (χ1v) is 10.8. The molecule has 5 heteroatoms. The van der Waals surface area contributed by atoms with E-state index in [0.717, 1.165) is 35.2 Å². The molecule has 1 unspecified atom stereocenters. The number of amides is 1. The van der Waals surface area contributed by atoms with Gasteiger partial charge in [-0.1, -0.05) is 60.1 Å². The second kappa shape index (κ2) is 9.46. The fourth-order valence-electron chi connectivity index (χ4n) is 3.96. The van der Waals surface area contributed by atoms with Crippen molar-refractivity contribution in [3.05, 3.63) is 88.9 Å². The van der Waals surface area contributed by atoms with Crippen molar-refractivity contribution in [2.24, 2.45) is 11.8 Å². The number of Topliss-reactive ketones (excluding diaryl/α,β-unsaturated/α-hetero) is 1. The lowest BCUT2D eigenvalue weighted by atomic mass is 9.70. The van der Waals surface area contributed by atoms with Crippen LogP contribution in [-0.2, 0) is 11.2 Å². The summed E-state index contributed by atoms with van der Waals surface area (Å²) >= 11 is 5.97. The Morgan fingerprint density at radius 1 is 0.935 bits per heavy atom. The minimum atomic E-state index is -0.102. The van der Waals surface area contributed by atoms with Gasteiger partial charge in [-0.25, -0.2) is 0 Å². The number of halogens is 1. The SMILES string of the molecule is O=C(Cc1cccc(Cl)c1)Nc1ccc(-c2ccc(C(=O)C3CC[C@H]3CO)cc2)cc1. The Morgan fingerprint density at radius 3 is 2.19 bits per heavy atom. The summed E-state index contributed by atoms with van der Waals surface area (Å²) in [6.45, 7) is 0.0798.